The molecule has 0 fully saturated rings. The molecule has 0 aliphatic carbocycles. The molecule has 4 heteroatoms. The summed E-state index contributed by atoms with van der Waals surface area (Å²) in [4.78, 5) is 4.06. The topological polar surface area (TPSA) is 22.1 Å². The third-order valence-corrected chi connectivity index (χ3v) is 2.61. The number of hydrogen-bond donors (Lipinski definition) is 0. The minimum atomic E-state index is -0.514. The van der Waals surface area contributed by atoms with Crippen LogP contribution in [0.1, 0.15) is 11.3 Å². The molecule has 0 unspecified atom stereocenters. The van der Waals surface area contributed by atoms with E-state index in [0.717, 1.165) is 5.69 Å². The van der Waals surface area contributed by atoms with Crippen molar-refractivity contribution in [1.82, 2.24) is 4.98 Å². The van der Waals surface area contributed by atoms with Crippen molar-refractivity contribution >= 4 is 15.9 Å². The molecule has 0 atom stereocenters. The molecule has 66 valence electrons. The maximum Gasteiger partial charge on any atom is 0.213 e. The van der Waals surface area contributed by atoms with E-state index >= 15 is 0 Å². The number of nitrogens with zero attached hydrogens (tertiary/aromatic N) is 1. The lowest BCUT2D eigenvalue weighted by atomic mass is 10.2. The Morgan fingerprint density at radius 2 is 2.33 bits per heavy atom. The first-order valence-corrected chi connectivity index (χ1v) is 4.24. The molecule has 0 saturated carbocycles. The molecule has 0 aliphatic heterocycles. The van der Waals surface area contributed by atoms with Crippen molar-refractivity contribution in [3.8, 4) is 5.88 Å². The van der Waals surface area contributed by atoms with E-state index in [9.17, 15) is 4.39 Å². The minimum Gasteiger partial charge on any atom is -0.481 e. The third kappa shape index (κ3) is 1.75. The maximum absolute atomic E-state index is 12.4. The van der Waals surface area contributed by atoms with Crippen LogP contribution in [0.2, 0.25) is 0 Å². The first-order chi connectivity index (χ1) is 5.69. The number of pyridine rings is 1. The summed E-state index contributed by atoms with van der Waals surface area (Å²) in [5.41, 5.74) is 1.31. The van der Waals surface area contributed by atoms with Crippen LogP contribution >= 0.6 is 15.9 Å². The Kier molecular flexibility index (Phi) is 3.03. The molecule has 0 aromatic carbocycles. The second-order valence-electron chi connectivity index (χ2n) is 2.36. The van der Waals surface area contributed by atoms with Gasteiger partial charge in [-0.2, -0.15) is 0 Å². The van der Waals surface area contributed by atoms with Crippen molar-refractivity contribution in [3.05, 3.63) is 21.8 Å². The van der Waals surface area contributed by atoms with E-state index in [0.29, 0.717) is 15.9 Å². The zero-order chi connectivity index (χ0) is 9.14. The van der Waals surface area contributed by atoms with Gasteiger partial charge in [-0.15, -0.1) is 0 Å². The molecular formula is C8H9BrFNO. The molecule has 1 heterocycles. The van der Waals surface area contributed by atoms with Crippen LogP contribution in [0, 0.1) is 6.92 Å². The van der Waals surface area contributed by atoms with Crippen molar-refractivity contribution in [2.45, 2.75) is 13.6 Å². The average molecular weight is 234 g/mol. The molecule has 2 nitrogen and oxygen atoms in total. The standard InChI is InChI=1S/C8H9BrFNO/c1-5-8(9)6(4-10)3-7(11-5)12-2/h3H,4H2,1-2H3. The summed E-state index contributed by atoms with van der Waals surface area (Å²) in [6.45, 7) is 1.28. The summed E-state index contributed by atoms with van der Waals surface area (Å²) in [5.74, 6) is 0.448. The van der Waals surface area contributed by atoms with Gasteiger partial charge in [-0.3, -0.25) is 0 Å². The number of rotatable bonds is 2. The second-order valence-corrected chi connectivity index (χ2v) is 3.15. The van der Waals surface area contributed by atoms with Gasteiger partial charge in [0.15, 0.2) is 0 Å². The summed E-state index contributed by atoms with van der Waals surface area (Å²) in [6.07, 6.45) is 0. The van der Waals surface area contributed by atoms with Crippen LogP contribution in [0.3, 0.4) is 0 Å². The highest BCUT2D eigenvalue weighted by Crippen LogP contribution is 2.24. The summed E-state index contributed by atoms with van der Waals surface area (Å²) in [7, 11) is 1.51. The Bertz CT molecular complexity index is 291. The van der Waals surface area contributed by atoms with Crippen LogP contribution in [0.15, 0.2) is 10.5 Å². The number of halogens is 2. The van der Waals surface area contributed by atoms with Crippen LogP contribution in [0.4, 0.5) is 4.39 Å². The Balaban J connectivity index is 3.19. The van der Waals surface area contributed by atoms with E-state index in [4.69, 9.17) is 4.74 Å². The Hall–Kier alpha value is -0.640. The van der Waals surface area contributed by atoms with Crippen molar-refractivity contribution in [2.24, 2.45) is 0 Å². The monoisotopic (exact) mass is 233 g/mol. The third-order valence-electron chi connectivity index (χ3n) is 1.53. The van der Waals surface area contributed by atoms with Gasteiger partial charge < -0.3 is 4.74 Å². The van der Waals surface area contributed by atoms with Crippen molar-refractivity contribution in [1.29, 1.82) is 0 Å². The van der Waals surface area contributed by atoms with Gasteiger partial charge in [0, 0.05) is 16.1 Å². The van der Waals surface area contributed by atoms with Gasteiger partial charge in [-0.1, -0.05) is 0 Å². The Morgan fingerprint density at radius 3 is 2.83 bits per heavy atom. The molecule has 0 aliphatic rings. The minimum absolute atomic E-state index is 0.448. The Morgan fingerprint density at radius 1 is 1.67 bits per heavy atom. The highest BCUT2D eigenvalue weighted by molar-refractivity contribution is 9.10. The number of aromatic nitrogens is 1. The number of ether oxygens (including phenoxy) is 1. The van der Waals surface area contributed by atoms with Gasteiger partial charge in [-0.05, 0) is 22.9 Å². The maximum atomic E-state index is 12.4. The van der Waals surface area contributed by atoms with Gasteiger partial charge in [0.25, 0.3) is 0 Å². The predicted molar refractivity (Wildman–Crippen MR) is 48.0 cm³/mol. The van der Waals surface area contributed by atoms with E-state index in [1.807, 2.05) is 0 Å². The molecule has 0 radical (unpaired) electrons. The zero-order valence-corrected chi connectivity index (χ0v) is 8.48. The average Bonchev–Trinajstić information content (AvgIpc) is 2.09. The molecule has 0 saturated heterocycles. The normalized spacial score (nSPS) is 10.0. The summed E-state index contributed by atoms with van der Waals surface area (Å²) in [6, 6.07) is 1.58. The number of alkyl halides is 1. The lowest BCUT2D eigenvalue weighted by Gasteiger charge is -2.05. The fourth-order valence-electron chi connectivity index (χ4n) is 0.893. The van der Waals surface area contributed by atoms with E-state index in [1.54, 1.807) is 13.0 Å². The van der Waals surface area contributed by atoms with Gasteiger partial charge in [0.05, 0.1) is 12.8 Å². The highest BCUT2D eigenvalue weighted by atomic mass is 79.9. The van der Waals surface area contributed by atoms with Crippen LogP contribution in [-0.2, 0) is 6.67 Å². The van der Waals surface area contributed by atoms with Crippen LogP contribution in [0.25, 0.3) is 0 Å². The molecule has 0 N–H and O–H groups in total. The van der Waals surface area contributed by atoms with Crippen LogP contribution < -0.4 is 4.74 Å². The largest absolute Gasteiger partial charge is 0.481 e. The quantitative estimate of drug-likeness (QED) is 0.784. The van der Waals surface area contributed by atoms with Crippen molar-refractivity contribution in [2.75, 3.05) is 7.11 Å². The lowest BCUT2D eigenvalue weighted by Crippen LogP contribution is -1.94. The number of hydrogen-bond acceptors (Lipinski definition) is 2. The van der Waals surface area contributed by atoms with Gasteiger partial charge in [-0.25, -0.2) is 9.37 Å². The highest BCUT2D eigenvalue weighted by Gasteiger charge is 2.06. The van der Waals surface area contributed by atoms with E-state index in [1.165, 1.54) is 7.11 Å². The number of methoxy groups -OCH3 is 1. The molecule has 0 bridgehead atoms. The van der Waals surface area contributed by atoms with Gasteiger partial charge in [0.2, 0.25) is 5.88 Å². The first kappa shape index (κ1) is 9.45. The van der Waals surface area contributed by atoms with E-state index in [-0.39, 0.29) is 0 Å². The zero-order valence-electron chi connectivity index (χ0n) is 6.90. The fourth-order valence-corrected chi connectivity index (χ4v) is 1.20. The van der Waals surface area contributed by atoms with E-state index < -0.39 is 6.67 Å². The predicted octanol–water partition coefficient (Wildman–Crippen LogP) is 2.63. The Labute approximate surface area is 78.9 Å². The fraction of sp³-hybridized carbons (Fsp3) is 0.375. The van der Waals surface area contributed by atoms with Crippen molar-refractivity contribution in [3.63, 3.8) is 0 Å². The summed E-state index contributed by atoms with van der Waals surface area (Å²) >= 11 is 3.25. The first-order valence-electron chi connectivity index (χ1n) is 3.45. The molecule has 0 amide bonds. The number of aryl methyl sites for hydroxylation is 1. The summed E-state index contributed by atoms with van der Waals surface area (Å²) < 4.78 is 18.0. The van der Waals surface area contributed by atoms with Crippen molar-refractivity contribution < 1.29 is 9.13 Å². The lowest BCUT2D eigenvalue weighted by molar-refractivity contribution is 0.393. The molecule has 0 spiro atoms. The molecule has 1 aromatic rings. The van der Waals surface area contributed by atoms with Crippen LogP contribution in [0.5, 0.6) is 5.88 Å². The SMILES string of the molecule is COc1cc(CF)c(Br)c(C)n1. The molecule has 1 rings (SSSR count). The van der Waals surface area contributed by atoms with Crippen LogP contribution in [-0.4, -0.2) is 12.1 Å². The molecular weight excluding hydrogens is 225 g/mol. The second kappa shape index (κ2) is 3.85. The summed E-state index contributed by atoms with van der Waals surface area (Å²) in [5, 5.41) is 0. The molecule has 1 aromatic heterocycles. The smallest absolute Gasteiger partial charge is 0.213 e. The van der Waals surface area contributed by atoms with Gasteiger partial charge in [0.1, 0.15) is 6.67 Å². The van der Waals surface area contributed by atoms with Gasteiger partial charge >= 0.3 is 0 Å². The van der Waals surface area contributed by atoms with E-state index in [2.05, 4.69) is 20.9 Å². The molecule has 12 heavy (non-hydrogen) atoms.